The third-order valence-electron chi connectivity index (χ3n) is 3.73. The summed E-state index contributed by atoms with van der Waals surface area (Å²) < 4.78 is 23.0. The van der Waals surface area contributed by atoms with Gasteiger partial charge >= 0.3 is 0 Å². The molecule has 1 atom stereocenters. The van der Waals surface area contributed by atoms with Gasteiger partial charge in [-0.3, -0.25) is 14.9 Å². The van der Waals surface area contributed by atoms with E-state index in [1.165, 1.54) is 18.0 Å². The number of rotatable bonds is 3. The van der Waals surface area contributed by atoms with Crippen molar-refractivity contribution in [3.05, 3.63) is 39.4 Å². The highest BCUT2D eigenvalue weighted by molar-refractivity contribution is 7.91. The Hall–Kier alpha value is -1.96. The molecule has 1 saturated heterocycles. The molecule has 7 nitrogen and oxygen atoms in total. The Labute approximate surface area is 122 Å². The zero-order valence-electron chi connectivity index (χ0n) is 11.8. The Morgan fingerprint density at radius 1 is 1.43 bits per heavy atom. The molecule has 0 radical (unpaired) electrons. The van der Waals surface area contributed by atoms with Crippen LogP contribution in [0.3, 0.4) is 0 Å². The summed E-state index contributed by atoms with van der Waals surface area (Å²) in [4.78, 5) is 24.3. The molecular formula is C13H16N2O5S. The largest absolute Gasteiger partial charge is 0.337 e. The van der Waals surface area contributed by atoms with Crippen LogP contribution < -0.4 is 0 Å². The van der Waals surface area contributed by atoms with Gasteiger partial charge in [-0.15, -0.1) is 0 Å². The van der Waals surface area contributed by atoms with E-state index in [1.807, 2.05) is 0 Å². The van der Waals surface area contributed by atoms with Crippen LogP contribution >= 0.6 is 0 Å². The molecule has 1 unspecified atom stereocenters. The van der Waals surface area contributed by atoms with Gasteiger partial charge in [-0.2, -0.15) is 0 Å². The number of hydrogen-bond acceptors (Lipinski definition) is 5. The Kier molecular flexibility index (Phi) is 3.99. The number of para-hydroxylation sites is 1. The summed E-state index contributed by atoms with van der Waals surface area (Å²) in [5, 5.41) is 11.1. The van der Waals surface area contributed by atoms with Gasteiger partial charge in [-0.05, 0) is 19.4 Å². The van der Waals surface area contributed by atoms with Gasteiger partial charge < -0.3 is 4.90 Å². The lowest BCUT2D eigenvalue weighted by atomic mass is 10.1. The fourth-order valence-corrected chi connectivity index (χ4v) is 4.28. The van der Waals surface area contributed by atoms with Crippen molar-refractivity contribution in [2.75, 3.05) is 18.6 Å². The van der Waals surface area contributed by atoms with E-state index in [0.29, 0.717) is 12.0 Å². The first kappa shape index (κ1) is 15.4. The van der Waals surface area contributed by atoms with Gasteiger partial charge in [0, 0.05) is 18.7 Å². The monoisotopic (exact) mass is 312 g/mol. The Morgan fingerprint density at radius 2 is 2.10 bits per heavy atom. The van der Waals surface area contributed by atoms with Gasteiger partial charge in [0.1, 0.15) is 5.56 Å². The predicted octanol–water partition coefficient (Wildman–Crippen LogP) is 1.16. The van der Waals surface area contributed by atoms with E-state index in [2.05, 4.69) is 0 Å². The first-order chi connectivity index (χ1) is 9.73. The van der Waals surface area contributed by atoms with Crippen LogP contribution in [-0.2, 0) is 9.84 Å². The van der Waals surface area contributed by atoms with Crippen molar-refractivity contribution >= 4 is 21.4 Å². The summed E-state index contributed by atoms with van der Waals surface area (Å²) in [6.07, 6.45) is 0.365. The lowest BCUT2D eigenvalue weighted by molar-refractivity contribution is -0.385. The second-order valence-corrected chi connectivity index (χ2v) is 7.43. The SMILES string of the molecule is Cc1cccc(C(=O)N(C)C2CCS(=O)(=O)C2)c1[N+](=O)[O-]. The topological polar surface area (TPSA) is 97.6 Å². The molecule has 114 valence electrons. The third kappa shape index (κ3) is 3.05. The van der Waals surface area contributed by atoms with Crippen molar-refractivity contribution in [3.63, 3.8) is 0 Å². The van der Waals surface area contributed by atoms with Crippen LogP contribution in [0.2, 0.25) is 0 Å². The standard InChI is InChI=1S/C13H16N2O5S/c1-9-4-3-5-11(12(9)15(17)18)13(16)14(2)10-6-7-21(19,20)8-10/h3-5,10H,6-8H2,1-2H3. The summed E-state index contributed by atoms with van der Waals surface area (Å²) in [7, 11) is -1.63. The van der Waals surface area contributed by atoms with Crippen LogP contribution in [0.1, 0.15) is 22.3 Å². The normalized spacial score (nSPS) is 20.2. The summed E-state index contributed by atoms with van der Waals surface area (Å²) in [5.74, 6) is -0.562. The van der Waals surface area contributed by atoms with Crippen molar-refractivity contribution in [1.82, 2.24) is 4.90 Å². The molecule has 0 saturated carbocycles. The van der Waals surface area contributed by atoms with Gasteiger partial charge in [-0.25, -0.2) is 8.42 Å². The lowest BCUT2D eigenvalue weighted by Gasteiger charge is -2.23. The number of carbonyl (C=O) groups is 1. The van der Waals surface area contributed by atoms with Crippen LogP contribution in [0.4, 0.5) is 5.69 Å². The first-order valence-electron chi connectivity index (χ1n) is 6.44. The Morgan fingerprint density at radius 3 is 2.62 bits per heavy atom. The van der Waals surface area contributed by atoms with Gasteiger partial charge in [0.05, 0.1) is 16.4 Å². The summed E-state index contributed by atoms with van der Waals surface area (Å²) in [5.41, 5.74) is 0.167. The number of nitro groups is 1. The maximum atomic E-state index is 12.4. The van der Waals surface area contributed by atoms with E-state index in [1.54, 1.807) is 19.1 Å². The molecule has 1 aromatic carbocycles. The van der Waals surface area contributed by atoms with Gasteiger partial charge in [-0.1, -0.05) is 12.1 Å². The van der Waals surface area contributed by atoms with Crippen molar-refractivity contribution in [2.45, 2.75) is 19.4 Å². The number of benzene rings is 1. The molecule has 8 heteroatoms. The molecule has 1 aromatic rings. The molecule has 1 amide bonds. The zero-order valence-corrected chi connectivity index (χ0v) is 12.6. The van der Waals surface area contributed by atoms with E-state index in [4.69, 9.17) is 0 Å². The van der Waals surface area contributed by atoms with Crippen molar-refractivity contribution < 1.29 is 18.1 Å². The molecule has 1 heterocycles. The van der Waals surface area contributed by atoms with E-state index < -0.39 is 26.7 Å². The molecule has 0 N–H and O–H groups in total. The van der Waals surface area contributed by atoms with Gasteiger partial charge in [0.15, 0.2) is 9.84 Å². The molecular weight excluding hydrogens is 296 g/mol. The highest BCUT2D eigenvalue weighted by atomic mass is 32.2. The minimum Gasteiger partial charge on any atom is -0.337 e. The average molecular weight is 312 g/mol. The molecule has 0 spiro atoms. The highest BCUT2D eigenvalue weighted by Gasteiger charge is 2.35. The third-order valence-corrected chi connectivity index (χ3v) is 5.48. The summed E-state index contributed by atoms with van der Waals surface area (Å²) in [6.45, 7) is 1.56. The van der Waals surface area contributed by atoms with Crippen molar-refractivity contribution in [1.29, 1.82) is 0 Å². The molecule has 1 fully saturated rings. The van der Waals surface area contributed by atoms with E-state index in [0.717, 1.165) is 0 Å². The molecule has 21 heavy (non-hydrogen) atoms. The fraction of sp³-hybridized carbons (Fsp3) is 0.462. The molecule has 2 rings (SSSR count). The van der Waals surface area contributed by atoms with Crippen molar-refractivity contribution in [3.8, 4) is 0 Å². The van der Waals surface area contributed by atoms with Crippen LogP contribution in [0.15, 0.2) is 18.2 Å². The summed E-state index contributed by atoms with van der Waals surface area (Å²) >= 11 is 0. The Bertz CT molecular complexity index is 699. The van der Waals surface area contributed by atoms with E-state index >= 15 is 0 Å². The summed E-state index contributed by atoms with van der Waals surface area (Å²) in [6, 6.07) is 4.11. The minimum atomic E-state index is -3.12. The van der Waals surface area contributed by atoms with Crippen LogP contribution in [0.25, 0.3) is 0 Å². The number of sulfone groups is 1. The smallest absolute Gasteiger partial charge is 0.285 e. The molecule has 1 aliphatic rings. The highest BCUT2D eigenvalue weighted by Crippen LogP contribution is 2.26. The minimum absolute atomic E-state index is 0.00759. The fourth-order valence-electron chi connectivity index (χ4n) is 2.51. The number of carbonyl (C=O) groups excluding carboxylic acids is 1. The quantitative estimate of drug-likeness (QED) is 0.616. The predicted molar refractivity (Wildman–Crippen MR) is 77.0 cm³/mol. The number of nitrogens with zero attached hydrogens (tertiary/aromatic N) is 2. The van der Waals surface area contributed by atoms with Gasteiger partial charge in [0.25, 0.3) is 11.6 Å². The van der Waals surface area contributed by atoms with Gasteiger partial charge in [0.2, 0.25) is 0 Å². The molecule has 0 aromatic heterocycles. The first-order valence-corrected chi connectivity index (χ1v) is 8.26. The molecule has 0 aliphatic carbocycles. The Balaban J connectivity index is 2.33. The zero-order chi connectivity index (χ0) is 15.8. The second kappa shape index (κ2) is 5.44. The maximum absolute atomic E-state index is 12.4. The lowest BCUT2D eigenvalue weighted by Crippen LogP contribution is -2.38. The average Bonchev–Trinajstić information content (AvgIpc) is 2.76. The number of nitro benzene ring substituents is 1. The molecule has 1 aliphatic heterocycles. The van der Waals surface area contributed by atoms with E-state index in [9.17, 15) is 23.3 Å². The number of aryl methyl sites for hydroxylation is 1. The van der Waals surface area contributed by atoms with Crippen LogP contribution in [0.5, 0.6) is 0 Å². The number of hydrogen-bond donors (Lipinski definition) is 0. The van der Waals surface area contributed by atoms with Crippen LogP contribution in [0, 0.1) is 17.0 Å². The van der Waals surface area contributed by atoms with E-state index in [-0.39, 0.29) is 22.8 Å². The van der Waals surface area contributed by atoms with Crippen LogP contribution in [-0.4, -0.2) is 48.7 Å². The molecule has 0 bridgehead atoms. The number of amides is 1. The van der Waals surface area contributed by atoms with Crippen molar-refractivity contribution in [2.24, 2.45) is 0 Å². The second-order valence-electron chi connectivity index (χ2n) is 5.20. The maximum Gasteiger partial charge on any atom is 0.285 e.